The molecule has 148 valence electrons. The van der Waals surface area contributed by atoms with Crippen molar-refractivity contribution in [3.63, 3.8) is 0 Å². The molecule has 0 N–H and O–H groups in total. The second kappa shape index (κ2) is 8.30. The van der Waals surface area contributed by atoms with Crippen LogP contribution in [0.15, 0.2) is 24.3 Å². The van der Waals surface area contributed by atoms with E-state index in [-0.39, 0.29) is 23.3 Å². The average Bonchev–Trinajstić information content (AvgIpc) is 2.98. The zero-order valence-corrected chi connectivity index (χ0v) is 16.6. The molecule has 2 heterocycles. The van der Waals surface area contributed by atoms with Crippen molar-refractivity contribution in [2.24, 2.45) is 5.41 Å². The first-order valence-electron chi connectivity index (χ1n) is 9.72. The van der Waals surface area contributed by atoms with Gasteiger partial charge in [0.25, 0.3) is 5.91 Å². The molecule has 0 saturated carbocycles. The third kappa shape index (κ3) is 4.26. The van der Waals surface area contributed by atoms with Crippen molar-refractivity contribution in [2.75, 3.05) is 33.9 Å². The molecule has 0 radical (unpaired) electrons. The normalized spacial score (nSPS) is 20.2. The van der Waals surface area contributed by atoms with Gasteiger partial charge in [-0.15, -0.1) is 0 Å². The fourth-order valence-electron chi connectivity index (χ4n) is 4.30. The molecular weight excluding hydrogens is 344 g/mol. The summed E-state index contributed by atoms with van der Waals surface area (Å²) in [6, 6.07) is 7.87. The molecule has 27 heavy (non-hydrogen) atoms. The number of benzene rings is 1. The summed E-state index contributed by atoms with van der Waals surface area (Å²) in [7, 11) is 3.24. The number of piperidine rings is 1. The number of likely N-dealkylation sites (tertiary alicyclic amines) is 2. The van der Waals surface area contributed by atoms with Crippen LogP contribution in [0.2, 0.25) is 0 Å². The summed E-state index contributed by atoms with van der Waals surface area (Å²) in [6.07, 6.45) is 2.66. The maximum Gasteiger partial charge on any atom is 0.251 e. The van der Waals surface area contributed by atoms with Crippen LogP contribution in [0.3, 0.4) is 0 Å². The Kier molecular flexibility index (Phi) is 6.05. The minimum Gasteiger partial charge on any atom is -0.497 e. The fourth-order valence-corrected chi connectivity index (χ4v) is 4.30. The predicted molar refractivity (Wildman–Crippen MR) is 102 cm³/mol. The second-order valence-electron chi connectivity index (χ2n) is 7.74. The predicted octanol–water partition coefficient (Wildman–Crippen LogP) is 2.46. The Labute approximate surface area is 161 Å². The van der Waals surface area contributed by atoms with E-state index in [1.165, 1.54) is 0 Å². The number of methoxy groups -OCH3 is 2. The van der Waals surface area contributed by atoms with Gasteiger partial charge in [-0.05, 0) is 37.0 Å². The SMILES string of the molecule is CCC(OC)C(=O)N1CCC2(CC1)CC(=O)N(Cc1cccc(OC)c1)C2. The van der Waals surface area contributed by atoms with Gasteiger partial charge >= 0.3 is 0 Å². The van der Waals surface area contributed by atoms with Crippen LogP contribution in [0.5, 0.6) is 5.75 Å². The number of hydrogen-bond donors (Lipinski definition) is 0. The summed E-state index contributed by atoms with van der Waals surface area (Å²) in [5, 5.41) is 0. The largest absolute Gasteiger partial charge is 0.497 e. The minimum atomic E-state index is -0.353. The molecule has 1 aromatic rings. The highest BCUT2D eigenvalue weighted by molar-refractivity contribution is 5.81. The van der Waals surface area contributed by atoms with Gasteiger partial charge < -0.3 is 19.3 Å². The van der Waals surface area contributed by atoms with E-state index in [1.54, 1.807) is 14.2 Å². The maximum absolute atomic E-state index is 12.6. The van der Waals surface area contributed by atoms with Crippen LogP contribution in [-0.2, 0) is 20.9 Å². The molecule has 2 aliphatic heterocycles. The highest BCUT2D eigenvalue weighted by Crippen LogP contribution is 2.41. The minimum absolute atomic E-state index is 0.00150. The van der Waals surface area contributed by atoms with Crippen LogP contribution in [0.1, 0.15) is 38.2 Å². The number of amides is 2. The van der Waals surface area contributed by atoms with Crippen molar-refractivity contribution in [3.05, 3.63) is 29.8 Å². The molecule has 1 atom stereocenters. The van der Waals surface area contributed by atoms with Gasteiger partial charge in [-0.25, -0.2) is 0 Å². The van der Waals surface area contributed by atoms with Crippen LogP contribution >= 0.6 is 0 Å². The number of nitrogens with zero attached hydrogens (tertiary/aromatic N) is 2. The van der Waals surface area contributed by atoms with Crippen LogP contribution in [0.4, 0.5) is 0 Å². The summed E-state index contributed by atoms with van der Waals surface area (Å²) in [4.78, 5) is 29.0. The lowest BCUT2D eigenvalue weighted by Gasteiger charge is -2.39. The number of ether oxygens (including phenoxy) is 2. The summed E-state index contributed by atoms with van der Waals surface area (Å²) >= 11 is 0. The van der Waals surface area contributed by atoms with Crippen LogP contribution in [0.25, 0.3) is 0 Å². The molecule has 6 heteroatoms. The number of carbonyl (C=O) groups excluding carboxylic acids is 2. The van der Waals surface area contributed by atoms with E-state index in [0.717, 1.165) is 30.7 Å². The summed E-state index contributed by atoms with van der Waals surface area (Å²) in [5.41, 5.74) is 1.08. The number of rotatable bonds is 6. The van der Waals surface area contributed by atoms with Gasteiger partial charge in [0.1, 0.15) is 11.9 Å². The van der Waals surface area contributed by atoms with E-state index in [9.17, 15) is 9.59 Å². The standard InChI is InChI=1S/C21H30N2O4/c1-4-18(27-3)20(25)22-10-8-21(9-11-22)13-19(24)23(15-21)14-16-6-5-7-17(12-16)26-2/h5-7,12,18H,4,8-11,13-15H2,1-3H3. The van der Waals surface area contributed by atoms with Crippen molar-refractivity contribution in [1.82, 2.24) is 9.80 Å². The number of hydrogen-bond acceptors (Lipinski definition) is 4. The van der Waals surface area contributed by atoms with Gasteiger partial charge in [0.2, 0.25) is 5.91 Å². The van der Waals surface area contributed by atoms with Gasteiger partial charge in [0.05, 0.1) is 7.11 Å². The molecule has 0 aromatic heterocycles. The van der Waals surface area contributed by atoms with Gasteiger partial charge in [-0.3, -0.25) is 9.59 Å². The molecule has 2 fully saturated rings. The van der Waals surface area contributed by atoms with Crippen LogP contribution in [0, 0.1) is 5.41 Å². The Morgan fingerprint density at radius 1 is 1.26 bits per heavy atom. The molecule has 0 bridgehead atoms. The molecule has 2 saturated heterocycles. The van der Waals surface area contributed by atoms with E-state index in [4.69, 9.17) is 9.47 Å². The Balaban J connectivity index is 1.59. The van der Waals surface area contributed by atoms with E-state index < -0.39 is 0 Å². The fraction of sp³-hybridized carbons (Fsp3) is 0.619. The molecule has 1 aromatic carbocycles. The lowest BCUT2D eigenvalue weighted by atomic mass is 9.77. The van der Waals surface area contributed by atoms with E-state index >= 15 is 0 Å². The smallest absolute Gasteiger partial charge is 0.251 e. The molecule has 2 aliphatic rings. The first kappa shape index (κ1) is 19.7. The lowest BCUT2D eigenvalue weighted by Crippen LogP contribution is -2.48. The monoisotopic (exact) mass is 374 g/mol. The average molecular weight is 374 g/mol. The van der Waals surface area contributed by atoms with E-state index in [0.29, 0.717) is 32.5 Å². The zero-order chi connectivity index (χ0) is 19.4. The molecule has 0 aliphatic carbocycles. The molecule has 1 spiro atoms. The quantitative estimate of drug-likeness (QED) is 0.767. The molecular formula is C21H30N2O4. The summed E-state index contributed by atoms with van der Waals surface area (Å²) < 4.78 is 10.6. The summed E-state index contributed by atoms with van der Waals surface area (Å²) in [5.74, 6) is 1.10. The Bertz CT molecular complexity index is 679. The van der Waals surface area contributed by atoms with Crippen LogP contribution < -0.4 is 4.74 Å². The Hall–Kier alpha value is -2.08. The van der Waals surface area contributed by atoms with Crippen LogP contribution in [-0.4, -0.2) is 61.6 Å². The molecule has 1 unspecified atom stereocenters. The molecule has 2 amide bonds. The Morgan fingerprint density at radius 3 is 2.63 bits per heavy atom. The topological polar surface area (TPSA) is 59.1 Å². The van der Waals surface area contributed by atoms with E-state index in [1.807, 2.05) is 41.0 Å². The van der Waals surface area contributed by atoms with Crippen molar-refractivity contribution in [1.29, 1.82) is 0 Å². The molecule has 6 nitrogen and oxygen atoms in total. The third-order valence-electron chi connectivity index (χ3n) is 5.98. The van der Waals surface area contributed by atoms with Crippen molar-refractivity contribution >= 4 is 11.8 Å². The maximum atomic E-state index is 12.6. The zero-order valence-electron chi connectivity index (χ0n) is 16.6. The van der Waals surface area contributed by atoms with Gasteiger partial charge in [-0.1, -0.05) is 19.1 Å². The number of carbonyl (C=O) groups is 2. The first-order chi connectivity index (χ1) is 13.0. The third-order valence-corrected chi connectivity index (χ3v) is 5.98. The highest BCUT2D eigenvalue weighted by Gasteiger charge is 2.45. The summed E-state index contributed by atoms with van der Waals surface area (Å²) in [6.45, 7) is 4.76. The van der Waals surface area contributed by atoms with Crippen molar-refractivity contribution in [2.45, 2.75) is 45.3 Å². The Morgan fingerprint density at radius 2 is 2.00 bits per heavy atom. The van der Waals surface area contributed by atoms with E-state index in [2.05, 4.69) is 0 Å². The highest BCUT2D eigenvalue weighted by atomic mass is 16.5. The van der Waals surface area contributed by atoms with Gasteiger partial charge in [-0.2, -0.15) is 0 Å². The van der Waals surface area contributed by atoms with Gasteiger partial charge in [0.15, 0.2) is 0 Å². The lowest BCUT2D eigenvalue weighted by molar-refractivity contribution is -0.144. The van der Waals surface area contributed by atoms with Gasteiger partial charge in [0, 0.05) is 45.1 Å². The first-order valence-corrected chi connectivity index (χ1v) is 9.72. The molecule has 3 rings (SSSR count). The second-order valence-corrected chi connectivity index (χ2v) is 7.74. The van der Waals surface area contributed by atoms with Crippen molar-refractivity contribution in [3.8, 4) is 5.75 Å². The van der Waals surface area contributed by atoms with Crippen molar-refractivity contribution < 1.29 is 19.1 Å².